The van der Waals surface area contributed by atoms with Gasteiger partial charge in [0.15, 0.2) is 11.6 Å². The number of nitrogens with zero attached hydrogens (tertiary/aromatic N) is 3. The van der Waals surface area contributed by atoms with E-state index in [0.29, 0.717) is 15.6 Å². The van der Waals surface area contributed by atoms with E-state index in [0.717, 1.165) is 16.9 Å². The van der Waals surface area contributed by atoms with Gasteiger partial charge in [0.2, 0.25) is 0 Å². The molecule has 4 N–H and O–H groups in total. The molecule has 0 radical (unpaired) electrons. The van der Waals surface area contributed by atoms with Crippen LogP contribution in [0, 0.1) is 12.7 Å². The second kappa shape index (κ2) is 9.86. The van der Waals surface area contributed by atoms with Crippen molar-refractivity contribution in [3.05, 3.63) is 40.8 Å². The van der Waals surface area contributed by atoms with Crippen molar-refractivity contribution in [2.75, 3.05) is 11.9 Å². The third-order valence-electron chi connectivity index (χ3n) is 4.48. The van der Waals surface area contributed by atoms with Gasteiger partial charge in [-0.15, -0.1) is 10.2 Å². The predicted octanol–water partition coefficient (Wildman–Crippen LogP) is 4.28. The molecule has 0 aliphatic heterocycles. The number of halogens is 2. The van der Waals surface area contributed by atoms with Crippen molar-refractivity contribution in [1.82, 2.24) is 15.2 Å². The smallest absolute Gasteiger partial charge is 0.165 e. The van der Waals surface area contributed by atoms with E-state index in [4.69, 9.17) is 22.1 Å². The van der Waals surface area contributed by atoms with Gasteiger partial charge in [-0.1, -0.05) is 22.9 Å². The van der Waals surface area contributed by atoms with Crippen LogP contribution in [0.5, 0.6) is 5.75 Å². The minimum Gasteiger partial charge on any atom is -0.489 e. The Labute approximate surface area is 189 Å². The third-order valence-corrected chi connectivity index (χ3v) is 5.80. The summed E-state index contributed by atoms with van der Waals surface area (Å²) >= 11 is 7.65. The van der Waals surface area contributed by atoms with Gasteiger partial charge in [0.1, 0.15) is 22.4 Å². The molecule has 2 heterocycles. The summed E-state index contributed by atoms with van der Waals surface area (Å²) in [5, 5.41) is 22.5. The van der Waals surface area contributed by atoms with Crippen LogP contribution in [-0.4, -0.2) is 45.1 Å². The molecule has 0 aliphatic rings. The molecule has 2 unspecified atom stereocenters. The summed E-state index contributed by atoms with van der Waals surface area (Å²) in [5.74, 6) is 0.178. The van der Waals surface area contributed by atoms with Crippen LogP contribution >= 0.6 is 22.9 Å². The molecule has 0 spiro atoms. The van der Waals surface area contributed by atoms with Crippen LogP contribution in [0.3, 0.4) is 0 Å². The highest BCUT2D eigenvalue weighted by Gasteiger charge is 2.18. The maximum absolute atomic E-state index is 14.6. The lowest BCUT2D eigenvalue weighted by atomic mass is 10.2. The van der Waals surface area contributed by atoms with Crippen LogP contribution in [0.4, 0.5) is 10.2 Å². The zero-order chi connectivity index (χ0) is 22.7. The highest BCUT2D eigenvalue weighted by atomic mass is 35.5. The number of aromatic nitrogens is 3. The van der Waals surface area contributed by atoms with Gasteiger partial charge in [-0.2, -0.15) is 0 Å². The number of nitrogens with one attached hydrogen (secondary N) is 1. The Bertz CT molecular complexity index is 1060. The molecule has 3 rings (SSSR count). The number of hydrogen-bond donors (Lipinski definition) is 3. The summed E-state index contributed by atoms with van der Waals surface area (Å²) in [7, 11) is 0. The average molecular weight is 466 g/mol. The lowest BCUT2D eigenvalue weighted by Crippen LogP contribution is -2.38. The summed E-state index contributed by atoms with van der Waals surface area (Å²) in [5.41, 5.74) is 7.94. The number of rotatable bonds is 8. The van der Waals surface area contributed by atoms with E-state index in [1.807, 2.05) is 26.8 Å². The Kier molecular flexibility index (Phi) is 7.42. The topological polar surface area (TPSA) is 106 Å². The van der Waals surface area contributed by atoms with Crippen molar-refractivity contribution in [3.63, 3.8) is 0 Å². The zero-order valence-corrected chi connectivity index (χ0v) is 19.3. The van der Waals surface area contributed by atoms with Crippen LogP contribution in [0.25, 0.3) is 21.1 Å². The molecule has 0 saturated carbocycles. The van der Waals surface area contributed by atoms with Crippen molar-refractivity contribution < 1.29 is 14.2 Å². The number of aryl methyl sites for hydroxylation is 1. The Morgan fingerprint density at radius 1 is 1.23 bits per heavy atom. The van der Waals surface area contributed by atoms with E-state index in [2.05, 4.69) is 20.5 Å². The monoisotopic (exact) mass is 465 g/mol. The number of hydrogen-bond acceptors (Lipinski definition) is 8. The molecule has 1 aromatic carbocycles. The summed E-state index contributed by atoms with van der Waals surface area (Å²) < 4.78 is 19.9. The average Bonchev–Trinajstić information content (AvgIpc) is 3.19. The standard InChI is InChI=1S/C21H25ClFN5O2S/c1-10(2)26-19-11(3)5-13(8-25-19)20-27-28-21(31-20)14-6-16(23)18(7-15(14)22)30-9-17(24)12(4)29/h5-8,10,12,17,29H,9,24H2,1-4H3,(H,25,26). The molecule has 3 aromatic rings. The van der Waals surface area contributed by atoms with Gasteiger partial charge in [-0.05, 0) is 45.4 Å². The van der Waals surface area contributed by atoms with Crippen molar-refractivity contribution in [3.8, 4) is 26.9 Å². The van der Waals surface area contributed by atoms with E-state index in [-0.39, 0.29) is 23.4 Å². The Morgan fingerprint density at radius 3 is 2.58 bits per heavy atom. The van der Waals surface area contributed by atoms with Crippen LogP contribution in [0.2, 0.25) is 5.02 Å². The molecular weight excluding hydrogens is 441 g/mol. The van der Waals surface area contributed by atoms with Crippen molar-refractivity contribution in [1.29, 1.82) is 0 Å². The summed E-state index contributed by atoms with van der Waals surface area (Å²) in [4.78, 5) is 4.46. The van der Waals surface area contributed by atoms with Gasteiger partial charge in [0, 0.05) is 29.4 Å². The van der Waals surface area contributed by atoms with E-state index >= 15 is 0 Å². The van der Waals surface area contributed by atoms with Gasteiger partial charge >= 0.3 is 0 Å². The molecule has 2 aromatic heterocycles. The highest BCUT2D eigenvalue weighted by molar-refractivity contribution is 7.18. The minimum absolute atomic E-state index is 0.0392. The van der Waals surface area contributed by atoms with Crippen molar-refractivity contribution in [2.24, 2.45) is 5.73 Å². The maximum atomic E-state index is 14.6. The normalized spacial score (nSPS) is 13.3. The Hall–Kier alpha value is -2.33. The van der Waals surface area contributed by atoms with Gasteiger partial charge in [-0.25, -0.2) is 9.37 Å². The molecule has 0 aliphatic carbocycles. The molecule has 7 nitrogen and oxygen atoms in total. The van der Waals surface area contributed by atoms with Crippen molar-refractivity contribution >= 4 is 28.8 Å². The van der Waals surface area contributed by atoms with Gasteiger partial charge < -0.3 is 20.9 Å². The zero-order valence-electron chi connectivity index (χ0n) is 17.7. The highest BCUT2D eigenvalue weighted by Crippen LogP contribution is 2.37. The van der Waals surface area contributed by atoms with Gasteiger partial charge in [-0.3, -0.25) is 0 Å². The number of nitrogens with two attached hydrogens (primary N) is 1. The molecule has 166 valence electrons. The molecule has 10 heteroatoms. The number of anilines is 1. The Balaban J connectivity index is 1.82. The van der Waals surface area contributed by atoms with Crippen LogP contribution < -0.4 is 15.8 Å². The Morgan fingerprint density at radius 2 is 1.94 bits per heavy atom. The first-order valence-corrected chi connectivity index (χ1v) is 11.0. The summed E-state index contributed by atoms with van der Waals surface area (Å²) in [6.07, 6.45) is 0.956. The molecular formula is C21H25ClFN5O2S. The molecule has 2 atom stereocenters. The summed E-state index contributed by atoms with van der Waals surface area (Å²) in [6, 6.07) is 4.25. The van der Waals surface area contributed by atoms with Gasteiger partial charge in [0.25, 0.3) is 0 Å². The van der Waals surface area contributed by atoms with E-state index in [9.17, 15) is 9.50 Å². The fourth-order valence-electron chi connectivity index (χ4n) is 2.69. The largest absolute Gasteiger partial charge is 0.489 e. The quantitative estimate of drug-likeness (QED) is 0.456. The molecule has 0 saturated heterocycles. The van der Waals surface area contributed by atoms with Crippen LogP contribution in [0.1, 0.15) is 26.3 Å². The van der Waals surface area contributed by atoms with Crippen LogP contribution in [0.15, 0.2) is 24.4 Å². The van der Waals surface area contributed by atoms with Crippen molar-refractivity contribution in [2.45, 2.75) is 45.9 Å². The molecule has 0 fully saturated rings. The number of aliphatic hydroxyl groups excluding tert-OH is 1. The molecule has 31 heavy (non-hydrogen) atoms. The van der Waals surface area contributed by atoms with E-state index in [1.54, 1.807) is 13.1 Å². The van der Waals surface area contributed by atoms with Crippen LogP contribution in [-0.2, 0) is 0 Å². The third kappa shape index (κ3) is 5.68. The second-order valence-corrected chi connectivity index (χ2v) is 8.96. The fourth-order valence-corrected chi connectivity index (χ4v) is 3.85. The number of ether oxygens (including phenoxy) is 1. The predicted molar refractivity (Wildman–Crippen MR) is 122 cm³/mol. The SMILES string of the molecule is Cc1cc(-c2nnc(-c3cc(F)c(OCC(N)C(C)O)cc3Cl)s2)cnc1NC(C)C. The lowest BCUT2D eigenvalue weighted by molar-refractivity contribution is 0.129. The van der Waals surface area contributed by atoms with Gasteiger partial charge in [0.05, 0.1) is 17.2 Å². The van der Waals surface area contributed by atoms with E-state index < -0.39 is 18.0 Å². The number of pyridine rings is 1. The minimum atomic E-state index is -0.772. The molecule has 0 bridgehead atoms. The fraction of sp³-hybridized carbons (Fsp3) is 0.381. The maximum Gasteiger partial charge on any atom is 0.165 e. The van der Waals surface area contributed by atoms with E-state index in [1.165, 1.54) is 23.5 Å². The molecule has 0 amide bonds. The lowest BCUT2D eigenvalue weighted by Gasteiger charge is -2.16. The first-order chi connectivity index (χ1) is 14.7. The second-order valence-electron chi connectivity index (χ2n) is 7.58. The summed E-state index contributed by atoms with van der Waals surface area (Å²) in [6.45, 7) is 7.57. The first-order valence-electron chi connectivity index (χ1n) is 9.78. The number of aliphatic hydroxyl groups is 1. The number of benzene rings is 1. The first kappa shape index (κ1) is 23.3.